The van der Waals surface area contributed by atoms with Crippen LogP contribution in [0.2, 0.25) is 0 Å². The number of aromatic nitrogens is 2. The van der Waals surface area contributed by atoms with Crippen LogP contribution in [0.4, 0.5) is 0 Å². The van der Waals surface area contributed by atoms with E-state index < -0.39 is 0 Å². The average Bonchev–Trinajstić information content (AvgIpc) is 3.60. The molecule has 1 aliphatic carbocycles. The monoisotopic (exact) mass is 386 g/mol. The van der Waals surface area contributed by atoms with Gasteiger partial charge in [-0.15, -0.1) is 0 Å². The Labute approximate surface area is 171 Å². The molecule has 3 aromatic rings. The molecule has 5 rings (SSSR count). The zero-order chi connectivity index (χ0) is 19.6. The summed E-state index contributed by atoms with van der Waals surface area (Å²) in [5.74, 6) is 0.612. The maximum Gasteiger partial charge on any atom is 0.141 e. The van der Waals surface area contributed by atoms with E-state index in [9.17, 15) is 4.79 Å². The van der Waals surface area contributed by atoms with Gasteiger partial charge in [-0.05, 0) is 47.6 Å². The molecule has 1 saturated heterocycles. The summed E-state index contributed by atoms with van der Waals surface area (Å²) in [5, 5.41) is 5.62. The van der Waals surface area contributed by atoms with Crippen molar-refractivity contribution in [1.82, 2.24) is 20.2 Å². The van der Waals surface area contributed by atoms with Crippen molar-refractivity contribution in [3.63, 3.8) is 0 Å². The first kappa shape index (κ1) is 18.4. The van der Waals surface area contributed by atoms with Crippen molar-refractivity contribution in [3.05, 3.63) is 60.2 Å². The van der Waals surface area contributed by atoms with Crippen LogP contribution in [-0.4, -0.2) is 46.8 Å². The minimum absolute atomic E-state index is 0.281. The van der Waals surface area contributed by atoms with E-state index in [1.165, 1.54) is 5.56 Å². The molecule has 5 nitrogen and oxygen atoms in total. The Balaban J connectivity index is 1.38. The molecule has 0 amide bonds. The summed E-state index contributed by atoms with van der Waals surface area (Å²) in [7, 11) is 0. The molecule has 0 radical (unpaired) electrons. The minimum Gasteiger partial charge on any atom is -0.314 e. The number of carbonyl (C=O) groups is 1. The molecular formula is C24H26N4O. The molecule has 2 aliphatic rings. The van der Waals surface area contributed by atoms with Crippen LogP contribution in [0, 0.1) is 5.92 Å². The first-order valence-electron chi connectivity index (χ1n) is 10.5. The van der Waals surface area contributed by atoms with Crippen LogP contribution in [0.3, 0.4) is 0 Å². The molecule has 148 valence electrons. The number of Topliss-reactive ketones (excluding diaryl/α,β-unsaturated/α-hetero) is 1. The lowest BCUT2D eigenvalue weighted by Gasteiger charge is -2.27. The fourth-order valence-corrected chi connectivity index (χ4v) is 4.05. The molecule has 5 heteroatoms. The van der Waals surface area contributed by atoms with Crippen LogP contribution in [0.1, 0.15) is 24.1 Å². The highest BCUT2D eigenvalue weighted by atomic mass is 16.1. The number of fused-ring (bicyclic) bond motifs is 1. The van der Waals surface area contributed by atoms with Crippen LogP contribution in [0.5, 0.6) is 0 Å². The largest absolute Gasteiger partial charge is 0.314 e. The second-order valence-electron chi connectivity index (χ2n) is 8.26. The van der Waals surface area contributed by atoms with Gasteiger partial charge in [0.15, 0.2) is 0 Å². The molecule has 2 aromatic heterocycles. The van der Waals surface area contributed by atoms with Crippen LogP contribution >= 0.6 is 0 Å². The average molecular weight is 386 g/mol. The Morgan fingerprint density at radius 1 is 1.00 bits per heavy atom. The maximum absolute atomic E-state index is 12.1. The number of hydrogen-bond donors (Lipinski definition) is 1. The fraction of sp³-hybridized carbons (Fsp3) is 0.375. The Morgan fingerprint density at radius 2 is 1.86 bits per heavy atom. The van der Waals surface area contributed by atoms with Gasteiger partial charge in [-0.2, -0.15) is 0 Å². The predicted octanol–water partition coefficient (Wildman–Crippen LogP) is 3.22. The molecule has 3 heterocycles. The number of pyridine rings is 2. The molecule has 0 atom stereocenters. The van der Waals surface area contributed by atoms with E-state index in [1.807, 2.05) is 18.6 Å². The molecule has 1 saturated carbocycles. The third-order valence-electron chi connectivity index (χ3n) is 5.91. The number of carbonyl (C=O) groups excluding carboxylic acids is 1. The zero-order valence-electron chi connectivity index (χ0n) is 16.6. The van der Waals surface area contributed by atoms with E-state index in [-0.39, 0.29) is 5.92 Å². The number of nitrogens with one attached hydrogen (secondary N) is 1. The summed E-state index contributed by atoms with van der Waals surface area (Å²) in [6.45, 7) is 5.20. The molecule has 1 aliphatic heterocycles. The molecule has 0 spiro atoms. The smallest absolute Gasteiger partial charge is 0.141 e. The Bertz CT molecular complexity index is 1040. The minimum atomic E-state index is 0.281. The zero-order valence-corrected chi connectivity index (χ0v) is 16.6. The van der Waals surface area contributed by atoms with E-state index in [4.69, 9.17) is 0 Å². The van der Waals surface area contributed by atoms with Gasteiger partial charge in [0.2, 0.25) is 0 Å². The highest BCUT2D eigenvalue weighted by Crippen LogP contribution is 2.31. The predicted molar refractivity (Wildman–Crippen MR) is 115 cm³/mol. The molecule has 2 fully saturated rings. The summed E-state index contributed by atoms with van der Waals surface area (Å²) in [6, 6.07) is 10.7. The van der Waals surface area contributed by atoms with Gasteiger partial charge in [-0.25, -0.2) is 0 Å². The summed E-state index contributed by atoms with van der Waals surface area (Å²) >= 11 is 0. The van der Waals surface area contributed by atoms with Crippen molar-refractivity contribution < 1.29 is 4.79 Å². The third-order valence-corrected chi connectivity index (χ3v) is 5.91. The first-order valence-corrected chi connectivity index (χ1v) is 10.5. The van der Waals surface area contributed by atoms with Gasteiger partial charge in [-0.1, -0.05) is 12.1 Å². The van der Waals surface area contributed by atoms with Gasteiger partial charge in [0.25, 0.3) is 0 Å². The number of benzene rings is 1. The second kappa shape index (κ2) is 8.01. The molecule has 29 heavy (non-hydrogen) atoms. The number of piperazine rings is 1. The van der Waals surface area contributed by atoms with Crippen molar-refractivity contribution in [3.8, 4) is 11.1 Å². The summed E-state index contributed by atoms with van der Waals surface area (Å²) in [4.78, 5) is 23.6. The van der Waals surface area contributed by atoms with Crippen molar-refractivity contribution in [2.45, 2.75) is 25.8 Å². The van der Waals surface area contributed by atoms with E-state index in [1.54, 1.807) is 0 Å². The quantitative estimate of drug-likeness (QED) is 0.705. The second-order valence-corrected chi connectivity index (χ2v) is 8.26. The van der Waals surface area contributed by atoms with Gasteiger partial charge in [0.05, 0.1) is 0 Å². The normalized spacial score (nSPS) is 17.5. The Morgan fingerprint density at radius 3 is 2.69 bits per heavy atom. The van der Waals surface area contributed by atoms with Crippen molar-refractivity contribution in [1.29, 1.82) is 0 Å². The lowest BCUT2D eigenvalue weighted by Crippen LogP contribution is -2.42. The van der Waals surface area contributed by atoms with E-state index in [0.717, 1.165) is 73.2 Å². The van der Waals surface area contributed by atoms with Gasteiger partial charge in [0.1, 0.15) is 5.78 Å². The fourth-order valence-electron chi connectivity index (χ4n) is 4.05. The summed E-state index contributed by atoms with van der Waals surface area (Å²) in [6.07, 6.45) is 8.33. The first-order chi connectivity index (χ1) is 14.2. The van der Waals surface area contributed by atoms with Crippen LogP contribution in [0.25, 0.3) is 21.9 Å². The van der Waals surface area contributed by atoms with Crippen LogP contribution in [0.15, 0.2) is 48.9 Å². The highest BCUT2D eigenvalue weighted by molar-refractivity contribution is 5.89. The third kappa shape index (κ3) is 4.36. The van der Waals surface area contributed by atoms with Gasteiger partial charge >= 0.3 is 0 Å². The lowest BCUT2D eigenvalue weighted by atomic mass is 10.0. The van der Waals surface area contributed by atoms with Crippen LogP contribution < -0.4 is 5.32 Å². The van der Waals surface area contributed by atoms with Crippen molar-refractivity contribution in [2.24, 2.45) is 5.92 Å². The number of rotatable bonds is 6. The molecule has 0 bridgehead atoms. The van der Waals surface area contributed by atoms with Gasteiger partial charge in [-0.3, -0.25) is 19.7 Å². The van der Waals surface area contributed by atoms with Gasteiger partial charge < -0.3 is 5.32 Å². The lowest BCUT2D eigenvalue weighted by molar-refractivity contribution is -0.119. The van der Waals surface area contributed by atoms with Gasteiger partial charge in [0, 0.05) is 80.3 Å². The molecular weight excluding hydrogens is 360 g/mol. The molecule has 1 aromatic carbocycles. The van der Waals surface area contributed by atoms with E-state index >= 15 is 0 Å². The highest BCUT2D eigenvalue weighted by Gasteiger charge is 2.29. The van der Waals surface area contributed by atoms with Crippen molar-refractivity contribution >= 4 is 16.6 Å². The number of ketones is 1. The van der Waals surface area contributed by atoms with Crippen molar-refractivity contribution in [2.75, 3.05) is 26.2 Å². The Kier molecular flexibility index (Phi) is 5.08. The van der Waals surface area contributed by atoms with E-state index in [2.05, 4.69) is 50.5 Å². The molecule has 1 N–H and O–H groups in total. The summed E-state index contributed by atoms with van der Waals surface area (Å²) in [5.41, 5.74) is 4.40. The number of nitrogens with zero attached hydrogens (tertiary/aromatic N) is 3. The summed E-state index contributed by atoms with van der Waals surface area (Å²) < 4.78 is 0. The van der Waals surface area contributed by atoms with E-state index in [0.29, 0.717) is 12.2 Å². The SMILES string of the molecule is O=C(Cc1cc2cc(-c3cncc(CN4CCNCC4)c3)ccc2cn1)C1CC1. The van der Waals surface area contributed by atoms with Crippen LogP contribution in [-0.2, 0) is 17.8 Å². The standard InChI is InChI=1S/C24H26N4O/c29-24(18-1-2-18)12-23-11-21-10-19(3-4-20(21)15-27-23)22-9-17(13-26-14-22)16-28-7-5-25-6-8-28/h3-4,9-11,13-15,18,25H,1-2,5-8,12,16H2. The Hall–Kier alpha value is -2.63. The number of hydrogen-bond acceptors (Lipinski definition) is 5. The maximum atomic E-state index is 12.1. The molecule has 0 unspecified atom stereocenters. The topological polar surface area (TPSA) is 58.1 Å².